The van der Waals surface area contributed by atoms with Crippen LogP contribution in [-0.2, 0) is 4.79 Å². The first-order valence-electron chi connectivity index (χ1n) is 10.3. The van der Waals surface area contributed by atoms with Crippen LogP contribution < -0.4 is 14.8 Å². The van der Waals surface area contributed by atoms with Gasteiger partial charge in [-0.2, -0.15) is 10.1 Å². The molecular weight excluding hydrogens is 392 g/mol. The number of carbonyl (C=O) groups is 1. The molecule has 0 radical (unpaired) electrons. The highest BCUT2D eigenvalue weighted by molar-refractivity contribution is 5.89. The second-order valence-corrected chi connectivity index (χ2v) is 7.94. The average molecular weight is 416 g/mol. The summed E-state index contributed by atoms with van der Waals surface area (Å²) in [6.45, 7) is 2.07. The highest BCUT2D eigenvalue weighted by Crippen LogP contribution is 2.46. The van der Waals surface area contributed by atoms with Crippen LogP contribution in [0.4, 0.5) is 5.95 Å². The van der Waals surface area contributed by atoms with Gasteiger partial charge in [0.2, 0.25) is 5.95 Å². The van der Waals surface area contributed by atoms with Gasteiger partial charge in [0.15, 0.2) is 0 Å². The molecule has 3 atom stereocenters. The van der Waals surface area contributed by atoms with Gasteiger partial charge in [0.05, 0.1) is 26.2 Å². The van der Waals surface area contributed by atoms with E-state index in [1.807, 2.05) is 35.0 Å². The van der Waals surface area contributed by atoms with Crippen LogP contribution in [0.15, 0.2) is 60.6 Å². The number of benzene rings is 2. The van der Waals surface area contributed by atoms with Gasteiger partial charge < -0.3 is 14.8 Å². The number of nitrogens with zero attached hydrogens (tertiary/aromatic N) is 3. The van der Waals surface area contributed by atoms with Crippen molar-refractivity contribution in [2.75, 3.05) is 19.5 Å². The highest BCUT2D eigenvalue weighted by Gasteiger charge is 2.43. The molecule has 1 aromatic heterocycles. The maximum absolute atomic E-state index is 13.6. The summed E-state index contributed by atoms with van der Waals surface area (Å²) in [6, 6.07) is 13.6. The van der Waals surface area contributed by atoms with Gasteiger partial charge in [-0.05, 0) is 24.1 Å². The number of rotatable bonds is 4. The lowest BCUT2D eigenvalue weighted by Gasteiger charge is -2.38. The Labute approximate surface area is 180 Å². The fourth-order valence-corrected chi connectivity index (χ4v) is 4.73. The molecular formula is C24H24N4O3. The van der Waals surface area contributed by atoms with Crippen molar-refractivity contribution >= 4 is 11.7 Å². The molecule has 7 nitrogen and oxygen atoms in total. The standard InChI is InChI=1S/C24H24N4O3/c1-14-6-4-5-7-17(14)23-22-19(27-24-25-13-26-28(23)24)10-15(11-20(22)29)18-9-8-16(30-2)12-21(18)31-3/h4-10,12-13,15,22-23H,11H2,1-3H3,(H,25,26,27)/t15-,22+,23+/m0/s1. The Hall–Kier alpha value is -3.61. The van der Waals surface area contributed by atoms with E-state index in [1.165, 1.54) is 6.33 Å². The van der Waals surface area contributed by atoms with Crippen molar-refractivity contribution in [3.8, 4) is 11.5 Å². The molecule has 3 aromatic rings. The van der Waals surface area contributed by atoms with Gasteiger partial charge in [-0.25, -0.2) is 4.68 Å². The molecule has 5 rings (SSSR count). The van der Waals surface area contributed by atoms with Crippen molar-refractivity contribution < 1.29 is 14.3 Å². The number of methoxy groups -OCH3 is 2. The Morgan fingerprint density at radius 1 is 1.10 bits per heavy atom. The summed E-state index contributed by atoms with van der Waals surface area (Å²) >= 11 is 0. The first kappa shape index (κ1) is 19.4. The number of aromatic nitrogens is 3. The maximum Gasteiger partial charge on any atom is 0.226 e. The molecule has 0 bridgehead atoms. The van der Waals surface area contributed by atoms with Gasteiger partial charge in [0.1, 0.15) is 23.6 Å². The van der Waals surface area contributed by atoms with Gasteiger partial charge >= 0.3 is 0 Å². The Balaban J connectivity index is 1.61. The fourth-order valence-electron chi connectivity index (χ4n) is 4.73. The second-order valence-electron chi connectivity index (χ2n) is 7.94. The third-order valence-corrected chi connectivity index (χ3v) is 6.24. The summed E-state index contributed by atoms with van der Waals surface area (Å²) in [6.07, 6.45) is 4.06. The van der Waals surface area contributed by atoms with Crippen LogP contribution in [0.5, 0.6) is 11.5 Å². The number of aryl methyl sites for hydroxylation is 1. The van der Waals surface area contributed by atoms with Crippen molar-refractivity contribution in [3.63, 3.8) is 0 Å². The van der Waals surface area contributed by atoms with Gasteiger partial charge in [-0.3, -0.25) is 4.79 Å². The van der Waals surface area contributed by atoms with Crippen LogP contribution in [0.3, 0.4) is 0 Å². The fraction of sp³-hybridized carbons (Fsp3) is 0.292. The van der Waals surface area contributed by atoms with Crippen LogP contribution in [-0.4, -0.2) is 34.8 Å². The summed E-state index contributed by atoms with van der Waals surface area (Å²) in [5, 5.41) is 7.79. The zero-order chi connectivity index (χ0) is 21.5. The van der Waals surface area contributed by atoms with Crippen LogP contribution in [0.1, 0.15) is 35.1 Å². The Kier molecular flexibility index (Phi) is 4.73. The number of allylic oxidation sites excluding steroid dienone is 2. The first-order chi connectivity index (χ1) is 15.1. The number of ketones is 1. The van der Waals surface area contributed by atoms with E-state index in [0.717, 1.165) is 28.1 Å². The van der Waals surface area contributed by atoms with Crippen molar-refractivity contribution in [1.29, 1.82) is 0 Å². The van der Waals surface area contributed by atoms with Crippen molar-refractivity contribution in [2.24, 2.45) is 5.92 Å². The minimum atomic E-state index is -0.337. The largest absolute Gasteiger partial charge is 0.497 e. The number of anilines is 1. The normalized spacial score (nSPS) is 22.1. The van der Waals surface area contributed by atoms with E-state index in [2.05, 4.69) is 40.5 Å². The van der Waals surface area contributed by atoms with E-state index in [9.17, 15) is 4.79 Å². The van der Waals surface area contributed by atoms with E-state index in [0.29, 0.717) is 18.1 Å². The molecule has 0 amide bonds. The van der Waals surface area contributed by atoms with Crippen LogP contribution in [0.2, 0.25) is 0 Å². The van der Waals surface area contributed by atoms with E-state index in [1.54, 1.807) is 14.2 Å². The molecule has 0 spiro atoms. The number of carbonyl (C=O) groups excluding carboxylic acids is 1. The first-order valence-corrected chi connectivity index (χ1v) is 10.3. The summed E-state index contributed by atoms with van der Waals surface area (Å²) < 4.78 is 12.7. The monoisotopic (exact) mass is 416 g/mol. The smallest absolute Gasteiger partial charge is 0.226 e. The number of ether oxygens (including phenoxy) is 2. The second kappa shape index (κ2) is 7.58. The lowest BCUT2D eigenvalue weighted by molar-refractivity contribution is -0.123. The van der Waals surface area contributed by atoms with Gasteiger partial charge in [-0.1, -0.05) is 36.4 Å². The lowest BCUT2D eigenvalue weighted by Crippen LogP contribution is -2.40. The van der Waals surface area contributed by atoms with E-state index < -0.39 is 0 Å². The molecule has 1 aliphatic carbocycles. The van der Waals surface area contributed by atoms with E-state index in [-0.39, 0.29) is 23.7 Å². The summed E-state index contributed by atoms with van der Waals surface area (Å²) in [7, 11) is 3.26. The molecule has 0 fully saturated rings. The van der Waals surface area contributed by atoms with Crippen LogP contribution in [0.25, 0.3) is 0 Å². The van der Waals surface area contributed by atoms with Crippen molar-refractivity contribution in [3.05, 3.63) is 77.3 Å². The quantitative estimate of drug-likeness (QED) is 0.696. The zero-order valence-electron chi connectivity index (χ0n) is 17.7. The summed E-state index contributed by atoms with van der Waals surface area (Å²) in [4.78, 5) is 17.9. The molecule has 7 heteroatoms. The highest BCUT2D eigenvalue weighted by atomic mass is 16.5. The summed E-state index contributed by atoms with van der Waals surface area (Å²) in [5.74, 6) is 1.81. The molecule has 0 saturated carbocycles. The molecule has 2 heterocycles. The van der Waals surface area contributed by atoms with Crippen LogP contribution in [0, 0.1) is 12.8 Å². The van der Waals surface area contributed by atoms with Gasteiger partial charge in [0, 0.05) is 29.7 Å². The molecule has 2 aromatic carbocycles. The third-order valence-electron chi connectivity index (χ3n) is 6.24. The SMILES string of the molecule is COc1ccc([C@H]2C=C3Nc4ncnn4[C@H](c4ccccc4C)[C@H]3C(=O)C2)c(OC)c1. The average Bonchev–Trinajstić information content (AvgIpc) is 3.26. The van der Waals surface area contributed by atoms with E-state index in [4.69, 9.17) is 9.47 Å². The van der Waals surface area contributed by atoms with Gasteiger partial charge in [-0.15, -0.1) is 0 Å². The number of fused-ring (bicyclic) bond motifs is 2. The number of hydrogen-bond acceptors (Lipinski definition) is 6. The molecule has 1 N–H and O–H groups in total. The maximum atomic E-state index is 13.6. The number of hydrogen-bond donors (Lipinski definition) is 1. The minimum absolute atomic E-state index is 0.0981. The van der Waals surface area contributed by atoms with Crippen molar-refractivity contribution in [2.45, 2.75) is 25.3 Å². The zero-order valence-corrected chi connectivity index (χ0v) is 17.7. The Bertz CT molecular complexity index is 1180. The lowest BCUT2D eigenvalue weighted by atomic mass is 9.75. The molecule has 158 valence electrons. The Morgan fingerprint density at radius 3 is 2.71 bits per heavy atom. The molecule has 1 aliphatic heterocycles. The molecule has 2 aliphatic rings. The minimum Gasteiger partial charge on any atom is -0.497 e. The van der Waals surface area contributed by atoms with E-state index >= 15 is 0 Å². The number of Topliss-reactive ketones (excluding diaryl/α,β-unsaturated/α-hetero) is 1. The van der Waals surface area contributed by atoms with Gasteiger partial charge in [0.25, 0.3) is 0 Å². The molecule has 0 unspecified atom stereocenters. The topological polar surface area (TPSA) is 78.3 Å². The predicted molar refractivity (Wildman–Crippen MR) is 116 cm³/mol. The summed E-state index contributed by atoms with van der Waals surface area (Å²) in [5.41, 5.74) is 4.04. The molecule has 0 saturated heterocycles. The van der Waals surface area contributed by atoms with Crippen molar-refractivity contribution in [1.82, 2.24) is 14.8 Å². The number of nitrogens with one attached hydrogen (secondary N) is 1. The molecule has 31 heavy (non-hydrogen) atoms. The third kappa shape index (κ3) is 3.17. The van der Waals surface area contributed by atoms with Crippen LogP contribution >= 0.6 is 0 Å². The Morgan fingerprint density at radius 2 is 1.94 bits per heavy atom. The predicted octanol–water partition coefficient (Wildman–Crippen LogP) is 3.88.